The number of ether oxygens (including phenoxy) is 2. The van der Waals surface area contributed by atoms with Crippen molar-refractivity contribution in [1.29, 1.82) is 0 Å². The molecule has 0 saturated heterocycles. The van der Waals surface area contributed by atoms with Crippen LogP contribution in [0.4, 0.5) is 0 Å². The average Bonchev–Trinajstić information content (AvgIpc) is 2.42. The molecule has 0 saturated carbocycles. The van der Waals surface area contributed by atoms with Crippen molar-refractivity contribution < 1.29 is 9.47 Å². The molecular weight excluding hydrogens is 384 g/mol. The van der Waals surface area contributed by atoms with E-state index in [1.807, 2.05) is 50.2 Å². The van der Waals surface area contributed by atoms with Gasteiger partial charge in [-0.3, -0.25) is 0 Å². The first-order valence-electron chi connectivity index (χ1n) is 6.52. The van der Waals surface area contributed by atoms with E-state index < -0.39 is 0 Å². The van der Waals surface area contributed by atoms with Crippen LogP contribution in [-0.4, -0.2) is 13.2 Å². The van der Waals surface area contributed by atoms with Crippen LogP contribution in [0.1, 0.15) is 13.8 Å². The molecule has 0 radical (unpaired) electrons. The smallest absolute Gasteiger partial charge is 0.128 e. The monoisotopic (exact) mass is 398 g/mol. The summed E-state index contributed by atoms with van der Waals surface area (Å²) in [7, 11) is 0. The SMILES string of the molecule is CCOc1cccc(Br)c1-c1c(Br)cccc1OCC. The van der Waals surface area contributed by atoms with Gasteiger partial charge in [-0.25, -0.2) is 0 Å². The molecule has 0 heterocycles. The van der Waals surface area contributed by atoms with E-state index >= 15 is 0 Å². The molecule has 0 N–H and O–H groups in total. The van der Waals surface area contributed by atoms with Crippen LogP contribution in [0.25, 0.3) is 11.1 Å². The highest BCUT2D eigenvalue weighted by Gasteiger charge is 2.17. The maximum atomic E-state index is 5.75. The zero-order valence-electron chi connectivity index (χ0n) is 11.5. The highest BCUT2D eigenvalue weighted by Crippen LogP contribution is 2.45. The minimum atomic E-state index is 0.623. The van der Waals surface area contributed by atoms with Crippen molar-refractivity contribution in [2.45, 2.75) is 13.8 Å². The quantitative estimate of drug-likeness (QED) is 0.644. The van der Waals surface area contributed by atoms with Crippen molar-refractivity contribution in [3.63, 3.8) is 0 Å². The summed E-state index contributed by atoms with van der Waals surface area (Å²) in [5, 5.41) is 0. The summed E-state index contributed by atoms with van der Waals surface area (Å²) in [5.74, 6) is 1.68. The van der Waals surface area contributed by atoms with Crippen LogP contribution < -0.4 is 9.47 Å². The van der Waals surface area contributed by atoms with Crippen LogP contribution in [0.3, 0.4) is 0 Å². The number of hydrogen-bond acceptors (Lipinski definition) is 2. The van der Waals surface area contributed by atoms with Crippen molar-refractivity contribution in [3.05, 3.63) is 45.3 Å². The van der Waals surface area contributed by atoms with Gasteiger partial charge >= 0.3 is 0 Å². The van der Waals surface area contributed by atoms with Gasteiger partial charge in [-0.05, 0) is 38.1 Å². The van der Waals surface area contributed by atoms with Gasteiger partial charge < -0.3 is 9.47 Å². The highest BCUT2D eigenvalue weighted by molar-refractivity contribution is 9.11. The van der Waals surface area contributed by atoms with Crippen LogP contribution in [0, 0.1) is 0 Å². The fourth-order valence-electron chi connectivity index (χ4n) is 2.05. The van der Waals surface area contributed by atoms with Gasteiger partial charge in [0.2, 0.25) is 0 Å². The Hall–Kier alpha value is -1.00. The second-order valence-corrected chi connectivity index (χ2v) is 5.80. The van der Waals surface area contributed by atoms with E-state index in [-0.39, 0.29) is 0 Å². The molecule has 2 nitrogen and oxygen atoms in total. The van der Waals surface area contributed by atoms with E-state index in [2.05, 4.69) is 31.9 Å². The van der Waals surface area contributed by atoms with Gasteiger partial charge in [0, 0.05) is 20.1 Å². The molecule has 0 fully saturated rings. The predicted octanol–water partition coefficient (Wildman–Crippen LogP) is 5.68. The Bertz CT molecular complexity index is 544. The lowest BCUT2D eigenvalue weighted by Crippen LogP contribution is -1.98. The van der Waals surface area contributed by atoms with Crippen molar-refractivity contribution in [1.82, 2.24) is 0 Å². The van der Waals surface area contributed by atoms with Crippen LogP contribution in [0.5, 0.6) is 11.5 Å². The van der Waals surface area contributed by atoms with Crippen molar-refractivity contribution in [2.24, 2.45) is 0 Å². The first-order chi connectivity index (χ1) is 9.69. The molecule has 2 aromatic rings. The molecule has 0 spiro atoms. The molecule has 0 aliphatic rings. The van der Waals surface area contributed by atoms with Gasteiger partial charge in [-0.1, -0.05) is 44.0 Å². The highest BCUT2D eigenvalue weighted by atomic mass is 79.9. The largest absolute Gasteiger partial charge is 0.493 e. The molecule has 106 valence electrons. The fraction of sp³-hybridized carbons (Fsp3) is 0.250. The Morgan fingerprint density at radius 2 is 1.15 bits per heavy atom. The first-order valence-corrected chi connectivity index (χ1v) is 8.10. The third kappa shape index (κ3) is 3.18. The Labute approximate surface area is 136 Å². The van der Waals surface area contributed by atoms with Gasteiger partial charge in [-0.15, -0.1) is 0 Å². The number of halogens is 2. The van der Waals surface area contributed by atoms with Gasteiger partial charge in [0.1, 0.15) is 11.5 Å². The summed E-state index contributed by atoms with van der Waals surface area (Å²) >= 11 is 7.23. The molecule has 0 unspecified atom stereocenters. The minimum Gasteiger partial charge on any atom is -0.493 e. The van der Waals surface area contributed by atoms with Crippen molar-refractivity contribution in [2.75, 3.05) is 13.2 Å². The second-order valence-electron chi connectivity index (χ2n) is 4.09. The molecule has 20 heavy (non-hydrogen) atoms. The third-order valence-corrected chi connectivity index (χ3v) is 4.12. The molecule has 4 heteroatoms. The molecule has 0 aromatic heterocycles. The van der Waals surface area contributed by atoms with Crippen molar-refractivity contribution >= 4 is 31.9 Å². The van der Waals surface area contributed by atoms with Gasteiger partial charge in [0.15, 0.2) is 0 Å². The summed E-state index contributed by atoms with van der Waals surface area (Å²) < 4.78 is 13.5. The van der Waals surface area contributed by atoms with E-state index in [1.165, 1.54) is 0 Å². The molecule has 0 amide bonds. The Morgan fingerprint density at radius 1 is 0.750 bits per heavy atom. The van der Waals surface area contributed by atoms with Crippen LogP contribution in [-0.2, 0) is 0 Å². The summed E-state index contributed by atoms with van der Waals surface area (Å²) in [4.78, 5) is 0. The lowest BCUT2D eigenvalue weighted by molar-refractivity contribution is 0.336. The summed E-state index contributed by atoms with van der Waals surface area (Å²) in [6, 6.07) is 11.9. The Morgan fingerprint density at radius 3 is 1.50 bits per heavy atom. The van der Waals surface area contributed by atoms with E-state index in [0.717, 1.165) is 31.6 Å². The zero-order chi connectivity index (χ0) is 14.5. The third-order valence-electron chi connectivity index (χ3n) is 2.80. The lowest BCUT2D eigenvalue weighted by atomic mass is 10.0. The molecule has 0 aliphatic heterocycles. The minimum absolute atomic E-state index is 0.623. The maximum absolute atomic E-state index is 5.75. The predicted molar refractivity (Wildman–Crippen MR) is 89.6 cm³/mol. The normalized spacial score (nSPS) is 10.4. The lowest BCUT2D eigenvalue weighted by Gasteiger charge is -2.17. The second kappa shape index (κ2) is 7.14. The van der Waals surface area contributed by atoms with Crippen LogP contribution in [0.15, 0.2) is 45.3 Å². The van der Waals surface area contributed by atoms with Crippen LogP contribution in [0.2, 0.25) is 0 Å². The standard InChI is InChI=1S/C16H16Br2O2/c1-3-19-13-9-5-7-11(17)15(13)16-12(18)8-6-10-14(16)20-4-2/h5-10H,3-4H2,1-2H3. The van der Waals surface area contributed by atoms with E-state index in [1.54, 1.807) is 0 Å². The summed E-state index contributed by atoms with van der Waals surface area (Å²) in [5.41, 5.74) is 2.01. The summed E-state index contributed by atoms with van der Waals surface area (Å²) in [6.07, 6.45) is 0. The van der Waals surface area contributed by atoms with E-state index in [4.69, 9.17) is 9.47 Å². The van der Waals surface area contributed by atoms with E-state index in [9.17, 15) is 0 Å². The molecule has 0 bridgehead atoms. The molecule has 2 aromatic carbocycles. The van der Waals surface area contributed by atoms with Gasteiger partial charge in [-0.2, -0.15) is 0 Å². The Balaban J connectivity index is 2.67. The zero-order valence-corrected chi connectivity index (χ0v) is 14.6. The molecule has 0 atom stereocenters. The summed E-state index contributed by atoms with van der Waals surface area (Å²) in [6.45, 7) is 5.21. The molecule has 0 aliphatic carbocycles. The Kier molecular flexibility index (Phi) is 5.49. The number of benzene rings is 2. The topological polar surface area (TPSA) is 18.5 Å². The van der Waals surface area contributed by atoms with E-state index in [0.29, 0.717) is 13.2 Å². The van der Waals surface area contributed by atoms with Gasteiger partial charge in [0.05, 0.1) is 13.2 Å². The molecule has 2 rings (SSSR count). The average molecular weight is 400 g/mol. The van der Waals surface area contributed by atoms with Crippen LogP contribution >= 0.6 is 31.9 Å². The number of rotatable bonds is 5. The maximum Gasteiger partial charge on any atom is 0.128 e. The number of hydrogen-bond donors (Lipinski definition) is 0. The van der Waals surface area contributed by atoms with Gasteiger partial charge in [0.25, 0.3) is 0 Å². The van der Waals surface area contributed by atoms with Crippen molar-refractivity contribution in [3.8, 4) is 22.6 Å². The fourth-order valence-corrected chi connectivity index (χ4v) is 3.14. The molecular formula is C16H16Br2O2. The first kappa shape index (κ1) is 15.4.